The van der Waals surface area contributed by atoms with Crippen molar-refractivity contribution < 1.29 is 23.9 Å². The number of nitrogens with zero attached hydrogens (tertiary/aromatic N) is 1. The maximum Gasteiger partial charge on any atom is 0.338 e. The largest absolute Gasteiger partial charge is 0.452 e. The normalized spacial score (nSPS) is 21.4. The van der Waals surface area contributed by atoms with Gasteiger partial charge in [0.05, 0.1) is 33.8 Å². The number of ether oxygens (including phenoxy) is 1. The van der Waals surface area contributed by atoms with Gasteiger partial charge >= 0.3 is 5.97 Å². The summed E-state index contributed by atoms with van der Waals surface area (Å²) in [5.41, 5.74) is 5.26. The molecule has 7 nitrogen and oxygen atoms in total. The molecule has 0 aromatic heterocycles. The smallest absolute Gasteiger partial charge is 0.338 e. The topological polar surface area (TPSA) is 92.8 Å². The van der Waals surface area contributed by atoms with Crippen molar-refractivity contribution in [2.45, 2.75) is 11.8 Å². The number of hydrogen-bond acceptors (Lipinski definition) is 5. The van der Waals surface area contributed by atoms with Gasteiger partial charge in [-0.3, -0.25) is 14.4 Å². The van der Waals surface area contributed by atoms with Crippen LogP contribution in [0.3, 0.4) is 0 Å². The first-order valence-corrected chi connectivity index (χ1v) is 14.2. The second-order valence-corrected chi connectivity index (χ2v) is 11.4. The molecule has 0 radical (unpaired) electrons. The molecule has 0 spiro atoms. The third-order valence-electron chi connectivity index (χ3n) is 8.35. The Morgan fingerprint density at radius 1 is 0.738 bits per heavy atom. The van der Waals surface area contributed by atoms with E-state index in [4.69, 9.17) is 27.9 Å². The molecule has 4 aromatic rings. The fourth-order valence-electron chi connectivity index (χ4n) is 6.67. The number of esters is 1. The fourth-order valence-corrected chi connectivity index (χ4v) is 7.01. The molecule has 0 saturated carbocycles. The quantitative estimate of drug-likeness (QED) is 0.219. The predicted molar refractivity (Wildman–Crippen MR) is 158 cm³/mol. The summed E-state index contributed by atoms with van der Waals surface area (Å²) in [5, 5.41) is 3.23. The highest BCUT2D eigenvalue weighted by Crippen LogP contribution is 2.61. The summed E-state index contributed by atoms with van der Waals surface area (Å²) in [6.07, 6.45) is 0. The lowest BCUT2D eigenvalue weighted by Crippen LogP contribution is -2.41. The summed E-state index contributed by atoms with van der Waals surface area (Å²) >= 11 is 12.0. The molecule has 3 amide bonds. The van der Waals surface area contributed by atoms with Gasteiger partial charge in [-0.2, -0.15) is 0 Å². The number of nitrogens with one attached hydrogen (secondary N) is 1. The van der Waals surface area contributed by atoms with Crippen LogP contribution >= 0.6 is 23.2 Å². The SMILES string of the molecule is O=C(COC(=O)c1ccc(N2C(=O)[C@@H]3C4c5ccccc5C(c5ccccc54)[C@H]3C2=O)cc1)Nc1cc(Cl)ccc1Cl. The van der Waals surface area contributed by atoms with Crippen molar-refractivity contribution in [2.24, 2.45) is 11.8 Å². The third kappa shape index (κ3) is 4.11. The number of rotatable bonds is 5. The van der Waals surface area contributed by atoms with E-state index in [9.17, 15) is 19.2 Å². The molecule has 208 valence electrons. The van der Waals surface area contributed by atoms with Gasteiger partial charge in [-0.25, -0.2) is 9.69 Å². The van der Waals surface area contributed by atoms with Crippen molar-refractivity contribution in [3.8, 4) is 0 Å². The minimum absolute atomic E-state index is 0.170. The van der Waals surface area contributed by atoms with Crippen molar-refractivity contribution in [3.05, 3.63) is 129 Å². The average Bonchev–Trinajstić information content (AvgIpc) is 3.27. The van der Waals surface area contributed by atoms with E-state index in [0.717, 1.165) is 22.3 Å². The molecule has 2 bridgehead atoms. The molecule has 1 N–H and O–H groups in total. The standard InChI is InChI=1S/C33H22Cl2N2O5/c34-18-11-14-24(35)25(15-18)36-26(38)16-42-33(41)17-9-12-19(13-10-17)37-31(39)29-27-20-5-1-2-6-21(20)28(30(29)32(37)40)23-8-4-3-7-22(23)27/h1-15,27-30H,16H2,(H,36,38)/t27?,28?,29-,30-/m1/s1. The van der Waals surface area contributed by atoms with Crippen molar-refractivity contribution in [3.63, 3.8) is 0 Å². The van der Waals surface area contributed by atoms with Crippen molar-refractivity contribution >= 4 is 58.3 Å². The molecule has 2 atom stereocenters. The van der Waals surface area contributed by atoms with Crippen LogP contribution in [-0.4, -0.2) is 30.3 Å². The van der Waals surface area contributed by atoms with Crippen molar-refractivity contribution in [1.29, 1.82) is 0 Å². The molecular formula is C33H22Cl2N2O5. The molecule has 1 heterocycles. The minimum Gasteiger partial charge on any atom is -0.452 e. The van der Waals surface area contributed by atoms with Crippen LogP contribution in [0.5, 0.6) is 0 Å². The molecule has 4 aromatic carbocycles. The van der Waals surface area contributed by atoms with Gasteiger partial charge in [0.2, 0.25) is 11.8 Å². The van der Waals surface area contributed by atoms with Crippen LogP contribution in [0.1, 0.15) is 44.4 Å². The first-order chi connectivity index (χ1) is 20.3. The fraction of sp³-hybridized carbons (Fsp3) is 0.152. The molecule has 4 aliphatic rings. The molecule has 3 aliphatic carbocycles. The zero-order chi connectivity index (χ0) is 29.1. The molecule has 0 unspecified atom stereocenters. The third-order valence-corrected chi connectivity index (χ3v) is 8.91. The molecule has 8 rings (SSSR count). The van der Waals surface area contributed by atoms with E-state index in [1.54, 1.807) is 24.3 Å². The molecule has 1 saturated heterocycles. The highest BCUT2D eigenvalue weighted by atomic mass is 35.5. The Hall–Kier alpha value is -4.46. The predicted octanol–water partition coefficient (Wildman–Crippen LogP) is 6.19. The van der Waals surface area contributed by atoms with E-state index in [1.807, 2.05) is 24.3 Å². The number of carbonyl (C=O) groups excluding carboxylic acids is 4. The Bertz CT molecular complexity index is 1690. The highest BCUT2D eigenvalue weighted by Gasteiger charge is 2.61. The van der Waals surface area contributed by atoms with E-state index >= 15 is 0 Å². The number of anilines is 2. The summed E-state index contributed by atoms with van der Waals surface area (Å²) < 4.78 is 5.15. The maximum absolute atomic E-state index is 13.9. The van der Waals surface area contributed by atoms with E-state index in [2.05, 4.69) is 29.6 Å². The average molecular weight is 597 g/mol. The van der Waals surface area contributed by atoms with Crippen LogP contribution in [0, 0.1) is 11.8 Å². The van der Waals surface area contributed by atoms with Crippen LogP contribution < -0.4 is 10.2 Å². The lowest BCUT2D eigenvalue weighted by molar-refractivity contribution is -0.122. The van der Waals surface area contributed by atoms with Gasteiger partial charge < -0.3 is 10.1 Å². The number of halogens is 2. The molecular weight excluding hydrogens is 575 g/mol. The molecule has 9 heteroatoms. The molecule has 1 fully saturated rings. The summed E-state index contributed by atoms with van der Waals surface area (Å²) in [6.45, 7) is -0.542. The lowest BCUT2D eigenvalue weighted by Gasteiger charge is -2.45. The van der Waals surface area contributed by atoms with E-state index in [1.165, 1.54) is 23.1 Å². The van der Waals surface area contributed by atoms with Crippen LogP contribution in [0.25, 0.3) is 0 Å². The summed E-state index contributed by atoms with van der Waals surface area (Å²) in [7, 11) is 0. The Morgan fingerprint density at radius 2 is 1.26 bits per heavy atom. The minimum atomic E-state index is -0.731. The summed E-state index contributed by atoms with van der Waals surface area (Å²) in [6, 6.07) is 26.8. The van der Waals surface area contributed by atoms with Crippen LogP contribution in [-0.2, 0) is 19.1 Å². The summed E-state index contributed by atoms with van der Waals surface area (Å²) in [4.78, 5) is 54.0. The van der Waals surface area contributed by atoms with E-state index < -0.39 is 30.3 Å². The van der Waals surface area contributed by atoms with Gasteiger partial charge in [-0.1, -0.05) is 71.7 Å². The van der Waals surface area contributed by atoms with Crippen LogP contribution in [0.2, 0.25) is 10.0 Å². The zero-order valence-corrected chi connectivity index (χ0v) is 23.4. The van der Waals surface area contributed by atoms with Crippen molar-refractivity contribution in [1.82, 2.24) is 0 Å². The van der Waals surface area contributed by atoms with Gasteiger partial charge in [-0.15, -0.1) is 0 Å². The first kappa shape index (κ1) is 26.4. The van der Waals surface area contributed by atoms with Crippen LogP contribution in [0.15, 0.2) is 91.0 Å². The Kier molecular flexibility index (Phi) is 6.37. The van der Waals surface area contributed by atoms with Gasteiger partial charge in [0.25, 0.3) is 5.91 Å². The number of carbonyl (C=O) groups is 4. The van der Waals surface area contributed by atoms with Gasteiger partial charge in [0.1, 0.15) is 0 Å². The van der Waals surface area contributed by atoms with Gasteiger partial charge in [0.15, 0.2) is 6.61 Å². The van der Waals surface area contributed by atoms with E-state index in [0.29, 0.717) is 21.4 Å². The number of imide groups is 1. The monoisotopic (exact) mass is 596 g/mol. The Morgan fingerprint density at radius 3 is 1.79 bits per heavy atom. The Balaban J connectivity index is 1.09. The maximum atomic E-state index is 13.9. The lowest BCUT2D eigenvalue weighted by atomic mass is 9.55. The Labute approximate surface area is 251 Å². The number of benzene rings is 4. The van der Waals surface area contributed by atoms with Crippen LogP contribution in [0.4, 0.5) is 11.4 Å². The van der Waals surface area contributed by atoms with Crippen molar-refractivity contribution in [2.75, 3.05) is 16.8 Å². The highest BCUT2D eigenvalue weighted by molar-refractivity contribution is 6.35. The number of hydrogen-bond donors (Lipinski definition) is 1. The van der Waals surface area contributed by atoms with E-state index in [-0.39, 0.29) is 29.2 Å². The van der Waals surface area contributed by atoms with Gasteiger partial charge in [-0.05, 0) is 64.7 Å². The molecule has 42 heavy (non-hydrogen) atoms. The van der Waals surface area contributed by atoms with Gasteiger partial charge in [0, 0.05) is 16.9 Å². The molecule has 1 aliphatic heterocycles. The second kappa shape index (κ2) is 10.1. The number of amides is 3. The zero-order valence-electron chi connectivity index (χ0n) is 21.9. The first-order valence-electron chi connectivity index (χ1n) is 13.4. The second-order valence-electron chi connectivity index (χ2n) is 10.6. The summed E-state index contributed by atoms with van der Waals surface area (Å²) in [5.74, 6) is -3.19.